The van der Waals surface area contributed by atoms with Crippen molar-refractivity contribution in [2.75, 3.05) is 6.61 Å². The van der Waals surface area contributed by atoms with Gasteiger partial charge in [-0.3, -0.25) is 14.4 Å². The molecular formula is C16H20N2O5. The molecule has 0 radical (unpaired) electrons. The number of primary amides is 1. The molecule has 0 aromatic heterocycles. The van der Waals surface area contributed by atoms with E-state index < -0.39 is 29.9 Å². The zero-order valence-corrected chi connectivity index (χ0v) is 12.7. The number of nitrogens with two attached hydrogens (primary N) is 1. The van der Waals surface area contributed by atoms with E-state index in [0.29, 0.717) is 13.0 Å². The quantitative estimate of drug-likeness (QED) is 0.701. The van der Waals surface area contributed by atoms with Gasteiger partial charge in [-0.15, -0.1) is 0 Å². The molecule has 1 fully saturated rings. The summed E-state index contributed by atoms with van der Waals surface area (Å²) in [5.41, 5.74) is 6.07. The smallest absolute Gasteiger partial charge is 0.308 e. The van der Waals surface area contributed by atoms with E-state index in [2.05, 4.69) is 5.32 Å². The van der Waals surface area contributed by atoms with Gasteiger partial charge in [-0.05, 0) is 18.4 Å². The lowest BCUT2D eigenvalue weighted by Crippen LogP contribution is -2.49. The highest BCUT2D eigenvalue weighted by molar-refractivity contribution is 5.91. The van der Waals surface area contributed by atoms with Gasteiger partial charge in [0.2, 0.25) is 11.8 Å². The molecule has 7 nitrogen and oxygen atoms in total. The molecular weight excluding hydrogens is 300 g/mol. The summed E-state index contributed by atoms with van der Waals surface area (Å²) in [4.78, 5) is 35.2. The summed E-state index contributed by atoms with van der Waals surface area (Å²) in [7, 11) is 0. The Labute approximate surface area is 134 Å². The fraction of sp³-hybridized carbons (Fsp3) is 0.438. The summed E-state index contributed by atoms with van der Waals surface area (Å²) < 4.78 is 10.3. The Balaban J connectivity index is 1.82. The summed E-state index contributed by atoms with van der Waals surface area (Å²) in [5, 5.41) is 2.45. The van der Waals surface area contributed by atoms with Crippen LogP contribution in [0.3, 0.4) is 0 Å². The van der Waals surface area contributed by atoms with Gasteiger partial charge in [0.25, 0.3) is 0 Å². The van der Waals surface area contributed by atoms with Crippen LogP contribution in [0.25, 0.3) is 0 Å². The molecule has 7 heteroatoms. The first-order chi connectivity index (χ1) is 11.1. The molecule has 0 saturated carbocycles. The third kappa shape index (κ3) is 5.37. The van der Waals surface area contributed by atoms with Crippen LogP contribution in [0.2, 0.25) is 0 Å². The molecule has 0 unspecified atom stereocenters. The van der Waals surface area contributed by atoms with Crippen LogP contribution >= 0.6 is 0 Å². The van der Waals surface area contributed by atoms with E-state index in [0.717, 1.165) is 12.0 Å². The predicted molar refractivity (Wildman–Crippen MR) is 81.0 cm³/mol. The maximum absolute atomic E-state index is 11.9. The first-order valence-corrected chi connectivity index (χ1v) is 7.47. The SMILES string of the molecule is NC(=O)[C@@H](CC(=O)OCc1ccccc1)NC(=O)[C@H]1CCCO1. The Morgan fingerprint density at radius 2 is 2.04 bits per heavy atom. The molecule has 1 saturated heterocycles. The van der Waals surface area contributed by atoms with Gasteiger partial charge in [-0.2, -0.15) is 0 Å². The second kappa shape index (κ2) is 8.28. The monoisotopic (exact) mass is 320 g/mol. The van der Waals surface area contributed by atoms with Crippen LogP contribution in [0, 0.1) is 0 Å². The highest BCUT2D eigenvalue weighted by Gasteiger charge is 2.29. The van der Waals surface area contributed by atoms with Crippen molar-refractivity contribution in [2.45, 2.75) is 38.0 Å². The van der Waals surface area contributed by atoms with Crippen LogP contribution in [-0.2, 0) is 30.5 Å². The first-order valence-electron chi connectivity index (χ1n) is 7.47. The zero-order chi connectivity index (χ0) is 16.7. The standard InChI is InChI=1S/C16H20N2O5/c17-15(20)12(18-16(21)13-7-4-8-22-13)9-14(19)23-10-11-5-2-1-3-6-11/h1-3,5-6,12-13H,4,7-10H2,(H2,17,20)(H,18,21)/t12-,13-/m1/s1. The van der Waals surface area contributed by atoms with Crippen LogP contribution in [-0.4, -0.2) is 36.5 Å². The van der Waals surface area contributed by atoms with E-state index in [9.17, 15) is 14.4 Å². The molecule has 1 aromatic carbocycles. The van der Waals surface area contributed by atoms with Gasteiger partial charge in [-0.1, -0.05) is 30.3 Å². The van der Waals surface area contributed by atoms with E-state index in [4.69, 9.17) is 15.2 Å². The van der Waals surface area contributed by atoms with Crippen molar-refractivity contribution in [2.24, 2.45) is 5.73 Å². The lowest BCUT2D eigenvalue weighted by molar-refractivity contribution is -0.147. The first kappa shape index (κ1) is 17.0. The Bertz CT molecular complexity index is 555. The summed E-state index contributed by atoms with van der Waals surface area (Å²) in [6.45, 7) is 0.614. The van der Waals surface area contributed by atoms with Gasteiger partial charge in [0.1, 0.15) is 18.8 Å². The van der Waals surface area contributed by atoms with Gasteiger partial charge < -0.3 is 20.5 Å². The molecule has 124 valence electrons. The largest absolute Gasteiger partial charge is 0.461 e. The van der Waals surface area contributed by atoms with Crippen LogP contribution in [0.4, 0.5) is 0 Å². The molecule has 0 bridgehead atoms. The fourth-order valence-electron chi connectivity index (χ4n) is 2.24. The molecule has 2 rings (SSSR count). The number of hydrogen-bond acceptors (Lipinski definition) is 5. The van der Waals surface area contributed by atoms with Crippen molar-refractivity contribution in [3.63, 3.8) is 0 Å². The number of ether oxygens (including phenoxy) is 2. The van der Waals surface area contributed by atoms with Crippen molar-refractivity contribution in [1.82, 2.24) is 5.32 Å². The number of amides is 2. The van der Waals surface area contributed by atoms with Crippen molar-refractivity contribution < 1.29 is 23.9 Å². The number of benzene rings is 1. The normalized spacial score (nSPS) is 18.2. The number of hydrogen-bond donors (Lipinski definition) is 2. The van der Waals surface area contributed by atoms with E-state index in [1.807, 2.05) is 30.3 Å². The summed E-state index contributed by atoms with van der Waals surface area (Å²) >= 11 is 0. The lowest BCUT2D eigenvalue weighted by Gasteiger charge is -2.17. The molecule has 23 heavy (non-hydrogen) atoms. The van der Waals surface area contributed by atoms with E-state index in [1.54, 1.807) is 0 Å². The number of rotatable bonds is 7. The van der Waals surface area contributed by atoms with Crippen molar-refractivity contribution in [3.05, 3.63) is 35.9 Å². The van der Waals surface area contributed by atoms with E-state index in [1.165, 1.54) is 0 Å². The molecule has 1 heterocycles. The fourth-order valence-corrected chi connectivity index (χ4v) is 2.24. The third-order valence-electron chi connectivity index (χ3n) is 3.50. The minimum atomic E-state index is -1.10. The van der Waals surface area contributed by atoms with E-state index >= 15 is 0 Å². The van der Waals surface area contributed by atoms with Crippen molar-refractivity contribution in [1.29, 1.82) is 0 Å². The van der Waals surface area contributed by atoms with Crippen LogP contribution < -0.4 is 11.1 Å². The maximum atomic E-state index is 11.9. The van der Waals surface area contributed by atoms with Crippen molar-refractivity contribution >= 4 is 17.8 Å². The van der Waals surface area contributed by atoms with Crippen LogP contribution in [0.15, 0.2) is 30.3 Å². The zero-order valence-electron chi connectivity index (χ0n) is 12.7. The number of carbonyl (C=O) groups excluding carboxylic acids is 3. The van der Waals surface area contributed by atoms with Crippen LogP contribution in [0.5, 0.6) is 0 Å². The van der Waals surface area contributed by atoms with Gasteiger partial charge in [0.15, 0.2) is 0 Å². The average molecular weight is 320 g/mol. The number of nitrogens with one attached hydrogen (secondary N) is 1. The molecule has 2 atom stereocenters. The van der Waals surface area contributed by atoms with Gasteiger partial charge in [0.05, 0.1) is 6.42 Å². The highest BCUT2D eigenvalue weighted by Crippen LogP contribution is 2.12. The van der Waals surface area contributed by atoms with Gasteiger partial charge in [0, 0.05) is 6.61 Å². The van der Waals surface area contributed by atoms with E-state index in [-0.39, 0.29) is 13.0 Å². The summed E-state index contributed by atoms with van der Waals surface area (Å²) in [5.74, 6) is -1.82. The predicted octanol–water partition coefficient (Wildman–Crippen LogP) is 0.269. The Hall–Kier alpha value is -2.41. The molecule has 1 aromatic rings. The second-order valence-corrected chi connectivity index (χ2v) is 5.32. The molecule has 1 aliphatic rings. The third-order valence-corrected chi connectivity index (χ3v) is 3.50. The molecule has 3 N–H and O–H groups in total. The number of carbonyl (C=O) groups is 3. The van der Waals surface area contributed by atoms with Gasteiger partial charge >= 0.3 is 5.97 Å². The lowest BCUT2D eigenvalue weighted by atomic mass is 10.1. The minimum absolute atomic E-state index is 0.102. The summed E-state index contributed by atoms with van der Waals surface area (Å²) in [6, 6.07) is 8.05. The Morgan fingerprint density at radius 1 is 1.30 bits per heavy atom. The summed E-state index contributed by atoms with van der Waals surface area (Å²) in [6.07, 6.45) is 0.492. The highest BCUT2D eigenvalue weighted by atomic mass is 16.5. The van der Waals surface area contributed by atoms with Crippen molar-refractivity contribution in [3.8, 4) is 0 Å². The molecule has 1 aliphatic heterocycles. The topological polar surface area (TPSA) is 108 Å². The minimum Gasteiger partial charge on any atom is -0.461 e. The number of esters is 1. The van der Waals surface area contributed by atoms with Crippen LogP contribution in [0.1, 0.15) is 24.8 Å². The molecule has 0 aliphatic carbocycles. The Kier molecular flexibility index (Phi) is 6.10. The molecule has 0 spiro atoms. The average Bonchev–Trinajstić information content (AvgIpc) is 3.07. The Morgan fingerprint density at radius 3 is 2.65 bits per heavy atom. The van der Waals surface area contributed by atoms with Gasteiger partial charge in [-0.25, -0.2) is 0 Å². The maximum Gasteiger partial charge on any atom is 0.308 e. The molecule has 2 amide bonds. The second-order valence-electron chi connectivity index (χ2n) is 5.32.